The van der Waals surface area contributed by atoms with E-state index < -0.39 is 0 Å². The average molecular weight is 306 g/mol. The van der Waals surface area contributed by atoms with Gasteiger partial charge in [-0.15, -0.1) is 0 Å². The number of nitrogens with zero attached hydrogens (tertiary/aromatic N) is 2. The van der Waals surface area contributed by atoms with Crippen molar-refractivity contribution in [2.24, 2.45) is 0 Å². The van der Waals surface area contributed by atoms with E-state index in [-0.39, 0.29) is 5.91 Å². The van der Waals surface area contributed by atoms with Gasteiger partial charge in [0, 0.05) is 37.8 Å². The van der Waals surface area contributed by atoms with Crippen LogP contribution < -0.4 is 0 Å². The molecule has 118 valence electrons. The van der Waals surface area contributed by atoms with E-state index in [2.05, 4.69) is 34.1 Å². The van der Waals surface area contributed by atoms with Gasteiger partial charge in [0.15, 0.2) is 0 Å². The summed E-state index contributed by atoms with van der Waals surface area (Å²) in [5.41, 5.74) is 3.16. The van der Waals surface area contributed by atoms with Gasteiger partial charge < -0.3 is 9.80 Å². The second-order valence-electron chi connectivity index (χ2n) is 6.51. The third kappa shape index (κ3) is 2.89. The molecule has 3 fully saturated rings. The van der Waals surface area contributed by atoms with Crippen molar-refractivity contribution < 1.29 is 4.79 Å². The number of amides is 1. The molecule has 0 N–H and O–H groups in total. The van der Waals surface area contributed by atoms with Crippen molar-refractivity contribution in [1.82, 2.24) is 9.80 Å². The highest BCUT2D eigenvalue weighted by molar-refractivity contribution is 5.95. The molecule has 3 aliphatic rings. The van der Waals surface area contributed by atoms with E-state index in [1.807, 2.05) is 30.3 Å². The summed E-state index contributed by atoms with van der Waals surface area (Å²) in [6.07, 6.45) is 2.24. The summed E-state index contributed by atoms with van der Waals surface area (Å²) in [4.78, 5) is 17.5. The SMILES string of the molecule is O=C(c1ccc(-c2ccccc2)cc1)N1CCN2CCC1CC2. The molecule has 3 nitrogen and oxygen atoms in total. The molecule has 1 amide bonds. The molecule has 0 saturated carbocycles. The summed E-state index contributed by atoms with van der Waals surface area (Å²) in [5, 5.41) is 0. The second-order valence-corrected chi connectivity index (χ2v) is 6.51. The summed E-state index contributed by atoms with van der Waals surface area (Å²) in [5.74, 6) is 0.193. The van der Waals surface area contributed by atoms with Crippen LogP contribution in [0.1, 0.15) is 23.2 Å². The minimum Gasteiger partial charge on any atom is -0.334 e. The number of carbonyl (C=O) groups excluding carboxylic acids is 1. The fourth-order valence-electron chi connectivity index (χ4n) is 3.76. The summed E-state index contributed by atoms with van der Waals surface area (Å²) in [6, 6.07) is 18.8. The lowest BCUT2D eigenvalue weighted by Crippen LogP contribution is -2.41. The predicted molar refractivity (Wildman–Crippen MR) is 92.4 cm³/mol. The topological polar surface area (TPSA) is 23.6 Å². The van der Waals surface area contributed by atoms with Crippen LogP contribution in [0.15, 0.2) is 54.6 Å². The molecular weight excluding hydrogens is 284 g/mol. The molecule has 23 heavy (non-hydrogen) atoms. The minimum atomic E-state index is 0.193. The molecule has 3 heteroatoms. The number of fused-ring (bicyclic) bond motifs is 4. The van der Waals surface area contributed by atoms with E-state index in [0.29, 0.717) is 6.04 Å². The maximum atomic E-state index is 12.9. The van der Waals surface area contributed by atoms with Crippen molar-refractivity contribution >= 4 is 5.91 Å². The zero-order valence-electron chi connectivity index (χ0n) is 13.3. The normalized spacial score (nSPS) is 23.6. The fourth-order valence-corrected chi connectivity index (χ4v) is 3.76. The molecule has 0 atom stereocenters. The van der Waals surface area contributed by atoms with Crippen molar-refractivity contribution in [3.8, 4) is 11.1 Å². The first-order valence-corrected chi connectivity index (χ1v) is 8.50. The van der Waals surface area contributed by atoms with E-state index in [4.69, 9.17) is 0 Å². The molecule has 2 aromatic rings. The van der Waals surface area contributed by atoms with Gasteiger partial charge in [-0.1, -0.05) is 42.5 Å². The number of rotatable bonds is 2. The number of hydrogen-bond acceptors (Lipinski definition) is 2. The van der Waals surface area contributed by atoms with Crippen LogP contribution in [-0.4, -0.2) is 47.9 Å². The molecule has 3 aliphatic heterocycles. The van der Waals surface area contributed by atoms with Gasteiger partial charge >= 0.3 is 0 Å². The smallest absolute Gasteiger partial charge is 0.254 e. The Bertz CT molecular complexity index is 673. The molecule has 0 aromatic heterocycles. The highest BCUT2D eigenvalue weighted by Crippen LogP contribution is 2.24. The van der Waals surface area contributed by atoms with Crippen molar-refractivity contribution in [2.45, 2.75) is 18.9 Å². The molecule has 5 rings (SSSR count). The quantitative estimate of drug-likeness (QED) is 0.850. The first kappa shape index (κ1) is 14.5. The third-order valence-corrected chi connectivity index (χ3v) is 5.15. The van der Waals surface area contributed by atoms with Crippen molar-refractivity contribution in [3.63, 3.8) is 0 Å². The van der Waals surface area contributed by atoms with Crippen molar-refractivity contribution in [1.29, 1.82) is 0 Å². The first-order valence-electron chi connectivity index (χ1n) is 8.50. The number of hydrogen-bond donors (Lipinski definition) is 0. The molecule has 0 spiro atoms. The molecule has 3 heterocycles. The first-order chi connectivity index (χ1) is 11.3. The van der Waals surface area contributed by atoms with Crippen LogP contribution in [0.4, 0.5) is 0 Å². The van der Waals surface area contributed by atoms with Gasteiger partial charge in [-0.25, -0.2) is 0 Å². The highest BCUT2D eigenvalue weighted by atomic mass is 16.2. The van der Waals surface area contributed by atoms with Crippen LogP contribution in [0.3, 0.4) is 0 Å². The number of carbonyl (C=O) groups is 1. The lowest BCUT2D eigenvalue weighted by atomic mass is 10.0. The molecule has 2 aromatic carbocycles. The van der Waals surface area contributed by atoms with Crippen LogP contribution in [0.25, 0.3) is 11.1 Å². The summed E-state index contributed by atoms with van der Waals surface area (Å²) >= 11 is 0. The Morgan fingerprint density at radius 2 is 1.43 bits per heavy atom. The predicted octanol–water partition coefficient (Wildman–Crippen LogP) is 3.27. The summed E-state index contributed by atoms with van der Waals surface area (Å²) in [6.45, 7) is 4.16. The van der Waals surface area contributed by atoms with Gasteiger partial charge in [0.25, 0.3) is 5.91 Å². The molecule has 0 unspecified atom stereocenters. The Morgan fingerprint density at radius 1 is 0.783 bits per heavy atom. The zero-order valence-corrected chi connectivity index (χ0v) is 13.3. The van der Waals surface area contributed by atoms with Gasteiger partial charge in [-0.05, 0) is 36.1 Å². The molecule has 2 bridgehead atoms. The Hall–Kier alpha value is -2.13. The van der Waals surface area contributed by atoms with Crippen LogP contribution in [0, 0.1) is 0 Å². The molecule has 0 aliphatic carbocycles. The Kier molecular flexibility index (Phi) is 3.88. The molecule has 0 radical (unpaired) electrons. The Labute approximate surface area is 137 Å². The maximum Gasteiger partial charge on any atom is 0.254 e. The molecular formula is C20H22N2O. The van der Waals surface area contributed by atoms with Gasteiger partial charge in [-0.2, -0.15) is 0 Å². The van der Waals surface area contributed by atoms with Crippen molar-refractivity contribution in [3.05, 3.63) is 60.2 Å². The number of benzene rings is 2. The van der Waals surface area contributed by atoms with E-state index in [0.717, 1.165) is 50.1 Å². The van der Waals surface area contributed by atoms with Crippen LogP contribution in [-0.2, 0) is 0 Å². The lowest BCUT2D eigenvalue weighted by Gasteiger charge is -2.31. The molecule has 3 saturated heterocycles. The van der Waals surface area contributed by atoms with Gasteiger partial charge in [0.05, 0.1) is 0 Å². The average Bonchev–Trinajstić information content (AvgIpc) is 2.96. The van der Waals surface area contributed by atoms with E-state index in [9.17, 15) is 4.79 Å². The van der Waals surface area contributed by atoms with E-state index in [1.54, 1.807) is 0 Å². The van der Waals surface area contributed by atoms with Crippen molar-refractivity contribution in [2.75, 3.05) is 26.2 Å². The van der Waals surface area contributed by atoms with Crippen LogP contribution >= 0.6 is 0 Å². The van der Waals surface area contributed by atoms with E-state index in [1.165, 1.54) is 5.56 Å². The second kappa shape index (κ2) is 6.17. The minimum absolute atomic E-state index is 0.193. The lowest BCUT2D eigenvalue weighted by molar-refractivity contribution is 0.0685. The Morgan fingerprint density at radius 3 is 2.13 bits per heavy atom. The van der Waals surface area contributed by atoms with Gasteiger partial charge in [0.2, 0.25) is 0 Å². The van der Waals surface area contributed by atoms with Crippen LogP contribution in [0.2, 0.25) is 0 Å². The third-order valence-electron chi connectivity index (χ3n) is 5.15. The maximum absolute atomic E-state index is 12.9. The highest BCUT2D eigenvalue weighted by Gasteiger charge is 2.32. The summed E-state index contributed by atoms with van der Waals surface area (Å²) in [7, 11) is 0. The Balaban J connectivity index is 1.54. The standard InChI is InChI=1S/C20H22N2O/c23-20(22-15-14-21-12-10-19(22)11-13-21)18-8-6-17(7-9-18)16-4-2-1-3-5-16/h1-9,19H,10-15H2. The number of piperidine rings is 1. The van der Waals surface area contributed by atoms with E-state index >= 15 is 0 Å². The van der Waals surface area contributed by atoms with Gasteiger partial charge in [0.1, 0.15) is 0 Å². The largest absolute Gasteiger partial charge is 0.334 e. The monoisotopic (exact) mass is 306 g/mol. The summed E-state index contributed by atoms with van der Waals surface area (Å²) < 4.78 is 0. The van der Waals surface area contributed by atoms with Crippen LogP contribution in [0.5, 0.6) is 0 Å². The van der Waals surface area contributed by atoms with Gasteiger partial charge in [-0.3, -0.25) is 4.79 Å². The fraction of sp³-hybridized carbons (Fsp3) is 0.350. The zero-order chi connectivity index (χ0) is 15.6.